The predicted octanol–water partition coefficient (Wildman–Crippen LogP) is 0.467. The average Bonchev–Trinajstić information content (AvgIpc) is 2.24. The summed E-state index contributed by atoms with van der Waals surface area (Å²) in [5, 5.41) is 2.82. The number of hydrogen-bond acceptors (Lipinski definition) is 4. The topological polar surface area (TPSA) is 64.6 Å². The van der Waals surface area contributed by atoms with Gasteiger partial charge in [0.05, 0.1) is 24.9 Å². The number of halogens is 1. The second-order valence-electron chi connectivity index (χ2n) is 2.65. The van der Waals surface area contributed by atoms with Crippen molar-refractivity contribution >= 4 is 27.8 Å². The third kappa shape index (κ3) is 9.68. The molecule has 0 saturated carbocycles. The highest BCUT2D eigenvalue weighted by Crippen LogP contribution is 1.87. The van der Waals surface area contributed by atoms with E-state index in [0.29, 0.717) is 19.8 Å². The van der Waals surface area contributed by atoms with Crippen LogP contribution in [0, 0.1) is 0 Å². The quantitative estimate of drug-likeness (QED) is 0.399. The zero-order chi connectivity index (χ0) is 11.5. The van der Waals surface area contributed by atoms with Crippen molar-refractivity contribution in [2.24, 2.45) is 0 Å². The summed E-state index contributed by atoms with van der Waals surface area (Å²) in [7, 11) is 0. The molecule has 0 fully saturated rings. The van der Waals surface area contributed by atoms with Gasteiger partial charge in [-0.05, 0) is 6.92 Å². The molecule has 0 atom stereocenters. The van der Waals surface area contributed by atoms with Crippen LogP contribution in [0.1, 0.15) is 13.3 Å². The lowest BCUT2D eigenvalue weighted by molar-refractivity contribution is -0.145. The van der Waals surface area contributed by atoms with E-state index in [1.807, 2.05) is 6.92 Å². The van der Waals surface area contributed by atoms with Crippen LogP contribution in [0.5, 0.6) is 0 Å². The second-order valence-corrected chi connectivity index (χ2v) is 3.21. The molecule has 0 aliphatic rings. The summed E-state index contributed by atoms with van der Waals surface area (Å²) >= 11 is 3.00. The van der Waals surface area contributed by atoms with E-state index < -0.39 is 0 Å². The summed E-state index contributed by atoms with van der Waals surface area (Å²) in [5.74, 6) is -0.433. The minimum Gasteiger partial charge on any atom is -0.464 e. The predicted molar refractivity (Wildman–Crippen MR) is 58.9 cm³/mol. The van der Waals surface area contributed by atoms with Gasteiger partial charge in [-0.2, -0.15) is 0 Å². The number of nitrogens with one attached hydrogen (secondary N) is 1. The van der Waals surface area contributed by atoms with Gasteiger partial charge in [-0.15, -0.1) is 0 Å². The summed E-state index contributed by atoms with van der Waals surface area (Å²) in [6.07, 6.45) is 0.250. The molecule has 5 nitrogen and oxygen atoms in total. The van der Waals surface area contributed by atoms with Crippen LogP contribution in [0.15, 0.2) is 0 Å². The van der Waals surface area contributed by atoms with Crippen LogP contribution in [-0.2, 0) is 19.1 Å². The summed E-state index contributed by atoms with van der Waals surface area (Å²) in [4.78, 5) is 21.8. The van der Waals surface area contributed by atoms with Gasteiger partial charge in [-0.3, -0.25) is 9.59 Å². The number of carbonyl (C=O) groups is 2. The SMILES string of the molecule is CCOCCC(=O)OCCNC(=O)CBr. The number of alkyl halides is 1. The van der Waals surface area contributed by atoms with Crippen LogP contribution < -0.4 is 5.32 Å². The lowest BCUT2D eigenvalue weighted by atomic mass is 10.4. The second kappa shape index (κ2) is 9.92. The van der Waals surface area contributed by atoms with Gasteiger partial charge in [-0.1, -0.05) is 15.9 Å². The molecular formula is C9H16BrNO4. The highest BCUT2D eigenvalue weighted by Gasteiger charge is 2.02. The molecule has 15 heavy (non-hydrogen) atoms. The molecule has 0 spiro atoms. The molecule has 0 aliphatic carbocycles. The van der Waals surface area contributed by atoms with Gasteiger partial charge < -0.3 is 14.8 Å². The molecule has 6 heteroatoms. The zero-order valence-corrected chi connectivity index (χ0v) is 10.3. The van der Waals surface area contributed by atoms with E-state index in [-0.39, 0.29) is 30.2 Å². The first-order valence-electron chi connectivity index (χ1n) is 4.76. The standard InChI is InChI=1S/C9H16BrNO4/c1-2-14-5-3-9(13)15-6-4-11-8(12)7-10/h2-7H2,1H3,(H,11,12). The van der Waals surface area contributed by atoms with E-state index in [1.165, 1.54) is 0 Å². The Labute approximate surface area is 97.6 Å². The van der Waals surface area contributed by atoms with Crippen LogP contribution in [0.2, 0.25) is 0 Å². The largest absolute Gasteiger partial charge is 0.464 e. The van der Waals surface area contributed by atoms with E-state index in [4.69, 9.17) is 9.47 Å². The number of ether oxygens (including phenoxy) is 2. The molecule has 0 saturated heterocycles. The van der Waals surface area contributed by atoms with Gasteiger partial charge >= 0.3 is 5.97 Å². The zero-order valence-electron chi connectivity index (χ0n) is 8.75. The molecule has 0 aromatic rings. The fraction of sp³-hybridized carbons (Fsp3) is 0.778. The minimum absolute atomic E-state index is 0.125. The Balaban J connectivity index is 3.27. The van der Waals surface area contributed by atoms with E-state index >= 15 is 0 Å². The van der Waals surface area contributed by atoms with Crippen LogP contribution in [-0.4, -0.2) is 43.6 Å². The van der Waals surface area contributed by atoms with Crippen molar-refractivity contribution in [1.29, 1.82) is 0 Å². The summed E-state index contributed by atoms with van der Waals surface area (Å²) < 4.78 is 9.82. The Morgan fingerprint density at radius 1 is 1.33 bits per heavy atom. The van der Waals surface area contributed by atoms with Crippen molar-refractivity contribution in [3.8, 4) is 0 Å². The Morgan fingerprint density at radius 3 is 2.67 bits per heavy atom. The molecular weight excluding hydrogens is 266 g/mol. The molecule has 88 valence electrons. The number of carbonyl (C=O) groups excluding carboxylic acids is 2. The molecule has 0 radical (unpaired) electrons. The Kier molecular flexibility index (Phi) is 9.51. The molecule has 0 heterocycles. The number of rotatable bonds is 8. The first-order valence-corrected chi connectivity index (χ1v) is 5.88. The van der Waals surface area contributed by atoms with Crippen molar-refractivity contribution in [1.82, 2.24) is 5.32 Å². The third-order valence-electron chi connectivity index (χ3n) is 1.46. The van der Waals surface area contributed by atoms with Crippen LogP contribution in [0.3, 0.4) is 0 Å². The molecule has 0 aromatic heterocycles. The van der Waals surface area contributed by atoms with Crippen molar-refractivity contribution in [2.45, 2.75) is 13.3 Å². The van der Waals surface area contributed by atoms with Gasteiger partial charge in [-0.25, -0.2) is 0 Å². The highest BCUT2D eigenvalue weighted by atomic mass is 79.9. The van der Waals surface area contributed by atoms with Crippen molar-refractivity contribution in [3.05, 3.63) is 0 Å². The molecule has 0 unspecified atom stereocenters. The van der Waals surface area contributed by atoms with Crippen molar-refractivity contribution in [2.75, 3.05) is 31.7 Å². The maximum absolute atomic E-state index is 11.0. The Morgan fingerprint density at radius 2 is 2.07 bits per heavy atom. The highest BCUT2D eigenvalue weighted by molar-refractivity contribution is 9.09. The lowest BCUT2D eigenvalue weighted by Crippen LogP contribution is -2.28. The van der Waals surface area contributed by atoms with Crippen LogP contribution in [0.4, 0.5) is 0 Å². The molecule has 0 aromatic carbocycles. The molecule has 0 rings (SSSR count). The molecule has 1 amide bonds. The average molecular weight is 282 g/mol. The van der Waals surface area contributed by atoms with Crippen LogP contribution >= 0.6 is 15.9 Å². The fourth-order valence-corrected chi connectivity index (χ4v) is 0.973. The van der Waals surface area contributed by atoms with E-state index in [9.17, 15) is 9.59 Å². The number of esters is 1. The molecule has 0 bridgehead atoms. The monoisotopic (exact) mass is 281 g/mol. The Bertz CT molecular complexity index is 199. The first-order chi connectivity index (χ1) is 7.20. The van der Waals surface area contributed by atoms with E-state index in [0.717, 1.165) is 0 Å². The van der Waals surface area contributed by atoms with Gasteiger partial charge in [0.15, 0.2) is 0 Å². The van der Waals surface area contributed by atoms with Crippen molar-refractivity contribution < 1.29 is 19.1 Å². The van der Waals surface area contributed by atoms with Gasteiger partial charge in [0, 0.05) is 6.61 Å². The maximum Gasteiger partial charge on any atom is 0.308 e. The first kappa shape index (κ1) is 14.4. The summed E-state index contributed by atoms with van der Waals surface area (Å²) in [5.41, 5.74) is 0. The van der Waals surface area contributed by atoms with Crippen molar-refractivity contribution in [3.63, 3.8) is 0 Å². The van der Waals surface area contributed by atoms with E-state index in [1.54, 1.807) is 0 Å². The molecule has 0 aliphatic heterocycles. The summed E-state index contributed by atoms with van der Waals surface area (Å²) in [6, 6.07) is 0. The van der Waals surface area contributed by atoms with Crippen LogP contribution in [0.25, 0.3) is 0 Å². The molecule has 1 N–H and O–H groups in total. The summed E-state index contributed by atoms with van der Waals surface area (Å²) in [6.45, 7) is 3.37. The minimum atomic E-state index is -0.309. The smallest absolute Gasteiger partial charge is 0.308 e. The number of hydrogen-bond donors (Lipinski definition) is 1. The lowest BCUT2D eigenvalue weighted by Gasteiger charge is -2.05. The number of amides is 1. The van der Waals surface area contributed by atoms with Gasteiger partial charge in [0.25, 0.3) is 0 Å². The van der Waals surface area contributed by atoms with Gasteiger partial charge in [0.1, 0.15) is 6.61 Å². The maximum atomic E-state index is 11.0. The van der Waals surface area contributed by atoms with Gasteiger partial charge in [0.2, 0.25) is 5.91 Å². The van der Waals surface area contributed by atoms with E-state index in [2.05, 4.69) is 21.2 Å². The third-order valence-corrected chi connectivity index (χ3v) is 1.97. The normalized spacial score (nSPS) is 9.73. The Hall–Kier alpha value is -0.620. The fourth-order valence-electron chi connectivity index (χ4n) is 0.775.